The van der Waals surface area contributed by atoms with Crippen LogP contribution in [0.3, 0.4) is 0 Å². The predicted molar refractivity (Wildman–Crippen MR) is 210 cm³/mol. The Kier molecular flexibility index (Phi) is 7.48. The van der Waals surface area contributed by atoms with E-state index in [1.165, 1.54) is 38.9 Å². The quantitative estimate of drug-likeness (QED) is 0.179. The van der Waals surface area contributed by atoms with E-state index in [1.54, 1.807) is 0 Å². The molecule has 0 atom stereocenters. The van der Waals surface area contributed by atoms with Crippen molar-refractivity contribution >= 4 is 0 Å². The molecular formula is C48H35N3. The molecule has 0 fully saturated rings. The minimum absolute atomic E-state index is 0.0372. The highest BCUT2D eigenvalue weighted by Crippen LogP contribution is 2.49. The molecule has 51 heavy (non-hydrogen) atoms. The predicted octanol–water partition coefficient (Wildman–Crippen LogP) is 12.2. The van der Waals surface area contributed by atoms with E-state index >= 15 is 0 Å². The first kappa shape index (κ1) is 30.6. The number of pyridine rings is 1. The topological polar surface area (TPSA) is 38.7 Å². The van der Waals surface area contributed by atoms with E-state index in [2.05, 4.69) is 152 Å². The van der Waals surface area contributed by atoms with Crippen LogP contribution < -0.4 is 0 Å². The molecule has 3 heteroatoms. The van der Waals surface area contributed by atoms with E-state index in [4.69, 9.17) is 9.97 Å². The van der Waals surface area contributed by atoms with Crippen molar-refractivity contribution in [2.75, 3.05) is 0 Å². The van der Waals surface area contributed by atoms with Crippen molar-refractivity contribution in [2.24, 2.45) is 0 Å². The Balaban J connectivity index is 1.08. The van der Waals surface area contributed by atoms with Gasteiger partial charge in [0.1, 0.15) is 0 Å². The maximum absolute atomic E-state index is 5.11. The summed E-state index contributed by atoms with van der Waals surface area (Å²) >= 11 is 0. The zero-order valence-corrected chi connectivity index (χ0v) is 28.6. The summed E-state index contributed by atoms with van der Waals surface area (Å²) in [7, 11) is 0. The second kappa shape index (κ2) is 12.5. The second-order valence-corrected chi connectivity index (χ2v) is 13.7. The first-order chi connectivity index (χ1) is 25.0. The summed E-state index contributed by atoms with van der Waals surface area (Å²) in [4.78, 5) is 14.3. The molecule has 8 aromatic rings. The third-order valence-corrected chi connectivity index (χ3v) is 10.2. The van der Waals surface area contributed by atoms with Gasteiger partial charge in [-0.05, 0) is 92.0 Å². The van der Waals surface area contributed by atoms with Gasteiger partial charge in [0.2, 0.25) is 0 Å². The van der Waals surface area contributed by atoms with Crippen LogP contribution in [-0.4, -0.2) is 15.0 Å². The van der Waals surface area contributed by atoms with Crippen LogP contribution >= 0.6 is 0 Å². The van der Waals surface area contributed by atoms with Crippen molar-refractivity contribution in [3.05, 3.63) is 187 Å². The van der Waals surface area contributed by atoms with Gasteiger partial charge in [-0.15, -0.1) is 0 Å². The van der Waals surface area contributed by atoms with Gasteiger partial charge in [-0.3, -0.25) is 4.98 Å². The van der Waals surface area contributed by atoms with Gasteiger partial charge < -0.3 is 0 Å². The van der Waals surface area contributed by atoms with Gasteiger partial charge in [-0.25, -0.2) is 9.97 Å². The van der Waals surface area contributed by atoms with Crippen molar-refractivity contribution in [1.29, 1.82) is 0 Å². The molecule has 9 rings (SSSR count). The van der Waals surface area contributed by atoms with Gasteiger partial charge in [0.25, 0.3) is 0 Å². The summed E-state index contributed by atoms with van der Waals surface area (Å²) in [6.45, 7) is 4.67. The summed E-state index contributed by atoms with van der Waals surface area (Å²) in [5.74, 6) is 0.704. The molecule has 2 heterocycles. The van der Waals surface area contributed by atoms with Gasteiger partial charge in [-0.2, -0.15) is 0 Å². The third-order valence-electron chi connectivity index (χ3n) is 10.2. The molecule has 0 saturated heterocycles. The van der Waals surface area contributed by atoms with Crippen molar-refractivity contribution in [1.82, 2.24) is 15.0 Å². The Morgan fingerprint density at radius 3 is 1.59 bits per heavy atom. The fraction of sp³-hybridized carbons (Fsp3) is 0.0625. The first-order valence-corrected chi connectivity index (χ1v) is 17.4. The maximum atomic E-state index is 5.11. The van der Waals surface area contributed by atoms with Crippen molar-refractivity contribution in [2.45, 2.75) is 19.3 Å². The molecule has 0 aliphatic heterocycles. The second-order valence-electron chi connectivity index (χ2n) is 13.7. The smallest absolute Gasteiger partial charge is 0.160 e. The van der Waals surface area contributed by atoms with Crippen molar-refractivity contribution in [3.63, 3.8) is 0 Å². The molecule has 242 valence electrons. The van der Waals surface area contributed by atoms with E-state index in [-0.39, 0.29) is 5.41 Å². The Morgan fingerprint density at radius 1 is 0.353 bits per heavy atom. The van der Waals surface area contributed by atoms with Crippen LogP contribution in [0.5, 0.6) is 0 Å². The molecule has 0 bridgehead atoms. The molecule has 0 amide bonds. The molecule has 1 aliphatic rings. The number of rotatable bonds is 6. The molecule has 0 spiro atoms. The van der Waals surface area contributed by atoms with Crippen LogP contribution in [0, 0.1) is 0 Å². The molecule has 6 aromatic carbocycles. The van der Waals surface area contributed by atoms with E-state index in [9.17, 15) is 0 Å². The number of aromatic nitrogens is 3. The maximum Gasteiger partial charge on any atom is 0.160 e. The van der Waals surface area contributed by atoms with Gasteiger partial charge in [0, 0.05) is 34.5 Å². The summed E-state index contributed by atoms with van der Waals surface area (Å²) in [5, 5.41) is 0. The van der Waals surface area contributed by atoms with E-state index in [0.29, 0.717) is 5.82 Å². The molecule has 0 unspecified atom stereocenters. The fourth-order valence-corrected chi connectivity index (χ4v) is 7.46. The summed E-state index contributed by atoms with van der Waals surface area (Å²) in [6, 6.07) is 58.3. The molecule has 0 radical (unpaired) electrons. The standard InChI is InChI=1S/C48H35N3/c1-48(2)43-17-7-6-16-41(43)42-23-22-39(30-44(42)48)37-13-8-12-36(28-37)38-14-9-15-40(29-38)46-31-45(50-47(51-46)35-10-4-3-5-11-35)34-20-18-32(19-21-34)33-24-26-49-27-25-33/h3-31H,1-2H3. The monoisotopic (exact) mass is 653 g/mol. The zero-order valence-electron chi connectivity index (χ0n) is 28.6. The van der Waals surface area contributed by atoms with Gasteiger partial charge in [0.15, 0.2) is 5.82 Å². The minimum Gasteiger partial charge on any atom is -0.265 e. The molecular weight excluding hydrogens is 619 g/mol. The van der Waals surface area contributed by atoms with Crippen LogP contribution in [0.1, 0.15) is 25.0 Å². The normalized spacial score (nSPS) is 12.7. The molecule has 3 nitrogen and oxygen atoms in total. The first-order valence-electron chi connectivity index (χ1n) is 17.4. The Labute approximate surface area is 299 Å². The number of hydrogen-bond donors (Lipinski definition) is 0. The van der Waals surface area contributed by atoms with Crippen LogP contribution in [0.2, 0.25) is 0 Å². The van der Waals surface area contributed by atoms with Gasteiger partial charge in [0.05, 0.1) is 11.4 Å². The molecule has 0 N–H and O–H groups in total. The summed E-state index contributed by atoms with van der Waals surface area (Å²) in [5.41, 5.74) is 17.3. The highest BCUT2D eigenvalue weighted by atomic mass is 14.9. The molecule has 2 aromatic heterocycles. The summed E-state index contributed by atoms with van der Waals surface area (Å²) < 4.78 is 0. The number of nitrogens with zero attached hydrogens (tertiary/aromatic N) is 3. The lowest BCUT2D eigenvalue weighted by Gasteiger charge is -2.22. The Morgan fingerprint density at radius 2 is 0.863 bits per heavy atom. The van der Waals surface area contributed by atoms with E-state index in [0.717, 1.165) is 44.8 Å². The highest BCUT2D eigenvalue weighted by Gasteiger charge is 2.35. The average Bonchev–Trinajstić information content (AvgIpc) is 3.44. The van der Waals surface area contributed by atoms with Crippen LogP contribution in [0.4, 0.5) is 0 Å². The van der Waals surface area contributed by atoms with E-state index in [1.807, 2.05) is 42.7 Å². The lowest BCUT2D eigenvalue weighted by Crippen LogP contribution is -2.14. The zero-order chi connectivity index (χ0) is 34.4. The van der Waals surface area contributed by atoms with Crippen LogP contribution in [0.25, 0.3) is 78.4 Å². The highest BCUT2D eigenvalue weighted by molar-refractivity contribution is 5.85. The van der Waals surface area contributed by atoms with Gasteiger partial charge in [-0.1, -0.05) is 141 Å². The summed E-state index contributed by atoms with van der Waals surface area (Å²) in [6.07, 6.45) is 3.65. The Bertz CT molecular complexity index is 2530. The van der Waals surface area contributed by atoms with Crippen molar-refractivity contribution in [3.8, 4) is 78.4 Å². The number of fused-ring (bicyclic) bond motifs is 3. The van der Waals surface area contributed by atoms with Crippen LogP contribution in [0.15, 0.2) is 176 Å². The average molecular weight is 654 g/mol. The van der Waals surface area contributed by atoms with Crippen LogP contribution in [-0.2, 0) is 5.41 Å². The minimum atomic E-state index is -0.0372. The van der Waals surface area contributed by atoms with Crippen molar-refractivity contribution < 1.29 is 0 Å². The molecule has 1 aliphatic carbocycles. The fourth-order valence-electron chi connectivity index (χ4n) is 7.46. The number of benzene rings is 6. The molecule has 0 saturated carbocycles. The van der Waals surface area contributed by atoms with E-state index < -0.39 is 0 Å². The largest absolute Gasteiger partial charge is 0.265 e. The lowest BCUT2D eigenvalue weighted by molar-refractivity contribution is 0.660. The number of hydrogen-bond acceptors (Lipinski definition) is 3. The Hall–Kier alpha value is -6.45. The third kappa shape index (κ3) is 5.63. The lowest BCUT2D eigenvalue weighted by atomic mass is 9.81. The van der Waals surface area contributed by atoms with Gasteiger partial charge >= 0.3 is 0 Å². The SMILES string of the molecule is CC1(C)c2ccccc2-c2ccc(-c3cccc(-c4cccc(-c5cc(-c6ccc(-c7ccncc7)cc6)nc(-c6ccccc6)n5)c4)c3)cc21.